The largest absolute Gasteiger partial charge is 0.318 e. The van der Waals surface area contributed by atoms with Crippen LogP contribution in [0.2, 0.25) is 0 Å². The predicted molar refractivity (Wildman–Crippen MR) is 63.5 cm³/mol. The molecule has 0 saturated heterocycles. The van der Waals surface area contributed by atoms with Crippen LogP contribution in [-0.2, 0) is 10.0 Å². The summed E-state index contributed by atoms with van der Waals surface area (Å²) in [5.74, 6) is 0. The Morgan fingerprint density at radius 1 is 1.27 bits per heavy atom. The molecule has 0 aromatic heterocycles. The summed E-state index contributed by atoms with van der Waals surface area (Å²) < 4.78 is 24.9. The van der Waals surface area contributed by atoms with Gasteiger partial charge < -0.3 is 10.2 Å². The third-order valence-electron chi connectivity index (χ3n) is 2.20. The van der Waals surface area contributed by atoms with E-state index in [1.165, 1.54) is 6.26 Å². The predicted octanol–water partition coefficient (Wildman–Crippen LogP) is -0.535. The molecule has 1 unspecified atom stereocenters. The van der Waals surface area contributed by atoms with E-state index in [9.17, 15) is 8.42 Å². The molecule has 92 valence electrons. The smallest absolute Gasteiger partial charge is 0.209 e. The van der Waals surface area contributed by atoms with E-state index in [1.54, 1.807) is 0 Å². The van der Waals surface area contributed by atoms with Crippen molar-refractivity contribution in [2.24, 2.45) is 0 Å². The minimum absolute atomic E-state index is 0.0649. The lowest BCUT2D eigenvalue weighted by Gasteiger charge is -2.25. The normalized spacial score (nSPS) is 14.5. The summed E-state index contributed by atoms with van der Waals surface area (Å²) in [6, 6.07) is -0.0649. The summed E-state index contributed by atoms with van der Waals surface area (Å²) in [5.41, 5.74) is 0. The van der Waals surface area contributed by atoms with Crippen LogP contribution in [0.25, 0.3) is 0 Å². The number of nitrogens with one attached hydrogen (secondary N) is 2. The molecule has 5 nitrogen and oxygen atoms in total. The molecular weight excluding hydrogens is 214 g/mol. The Morgan fingerprint density at radius 2 is 1.80 bits per heavy atom. The highest BCUT2D eigenvalue weighted by atomic mass is 32.2. The lowest BCUT2D eigenvalue weighted by Crippen LogP contribution is -2.48. The average molecular weight is 237 g/mol. The van der Waals surface area contributed by atoms with Crippen molar-refractivity contribution in [2.75, 3.05) is 39.5 Å². The number of nitrogens with zero attached hydrogens (tertiary/aromatic N) is 1. The lowest BCUT2D eigenvalue weighted by atomic mass is 10.3. The Labute approximate surface area is 93.3 Å². The molecule has 0 aromatic carbocycles. The lowest BCUT2D eigenvalue weighted by molar-refractivity contribution is 0.274. The molecule has 0 aliphatic rings. The van der Waals surface area contributed by atoms with E-state index < -0.39 is 10.0 Å². The van der Waals surface area contributed by atoms with Crippen LogP contribution in [0.5, 0.6) is 0 Å². The molecule has 0 aliphatic carbocycles. The van der Waals surface area contributed by atoms with Gasteiger partial charge in [-0.1, -0.05) is 13.8 Å². The molecule has 15 heavy (non-hydrogen) atoms. The monoisotopic (exact) mass is 237 g/mol. The van der Waals surface area contributed by atoms with Crippen molar-refractivity contribution in [3.05, 3.63) is 0 Å². The van der Waals surface area contributed by atoms with Crippen molar-refractivity contribution in [1.82, 2.24) is 14.9 Å². The number of hydrogen-bond donors (Lipinski definition) is 2. The van der Waals surface area contributed by atoms with Crippen LogP contribution in [0.3, 0.4) is 0 Å². The minimum Gasteiger partial charge on any atom is -0.318 e. The highest BCUT2D eigenvalue weighted by Gasteiger charge is 2.15. The summed E-state index contributed by atoms with van der Waals surface area (Å²) in [5, 5.41) is 2.99. The Morgan fingerprint density at radius 3 is 2.13 bits per heavy atom. The maximum atomic E-state index is 11.1. The first-order valence-electron chi connectivity index (χ1n) is 5.27. The zero-order chi connectivity index (χ0) is 11.9. The van der Waals surface area contributed by atoms with Gasteiger partial charge in [0.1, 0.15) is 0 Å². The van der Waals surface area contributed by atoms with E-state index in [-0.39, 0.29) is 6.04 Å². The second-order valence-corrected chi connectivity index (χ2v) is 5.41. The molecular formula is C9H23N3O2S. The third kappa shape index (κ3) is 7.72. The van der Waals surface area contributed by atoms with Gasteiger partial charge in [0.25, 0.3) is 0 Å². The van der Waals surface area contributed by atoms with Gasteiger partial charge in [-0.3, -0.25) is 0 Å². The van der Waals surface area contributed by atoms with Crippen molar-refractivity contribution in [1.29, 1.82) is 0 Å². The molecule has 0 spiro atoms. The Balaban J connectivity index is 4.26. The van der Waals surface area contributed by atoms with Crippen LogP contribution in [-0.4, -0.2) is 58.8 Å². The fraction of sp³-hybridized carbons (Fsp3) is 1.00. The van der Waals surface area contributed by atoms with Crippen LogP contribution in [0.1, 0.15) is 13.8 Å². The number of rotatable bonds is 8. The molecule has 0 bridgehead atoms. The van der Waals surface area contributed by atoms with E-state index in [1.807, 2.05) is 7.05 Å². The Hall–Kier alpha value is -0.170. The first kappa shape index (κ1) is 14.8. The molecule has 0 saturated carbocycles. The molecule has 0 radical (unpaired) electrons. The van der Waals surface area contributed by atoms with E-state index in [0.29, 0.717) is 6.54 Å². The van der Waals surface area contributed by atoms with Gasteiger partial charge in [-0.25, -0.2) is 13.1 Å². The maximum absolute atomic E-state index is 11.1. The topological polar surface area (TPSA) is 61.4 Å². The SMILES string of the molecule is CCN(CC)CC(CNC)NS(C)(=O)=O. The summed E-state index contributed by atoms with van der Waals surface area (Å²) >= 11 is 0. The van der Waals surface area contributed by atoms with Crippen molar-refractivity contribution in [3.8, 4) is 0 Å². The zero-order valence-corrected chi connectivity index (χ0v) is 10.9. The van der Waals surface area contributed by atoms with Crippen molar-refractivity contribution >= 4 is 10.0 Å². The highest BCUT2D eigenvalue weighted by molar-refractivity contribution is 7.88. The van der Waals surface area contributed by atoms with Gasteiger partial charge in [0.15, 0.2) is 0 Å². The second-order valence-electron chi connectivity index (χ2n) is 3.63. The highest BCUT2D eigenvalue weighted by Crippen LogP contribution is 1.93. The third-order valence-corrected chi connectivity index (χ3v) is 2.97. The minimum atomic E-state index is -3.12. The molecule has 2 N–H and O–H groups in total. The van der Waals surface area contributed by atoms with Gasteiger partial charge >= 0.3 is 0 Å². The first-order valence-corrected chi connectivity index (χ1v) is 7.16. The van der Waals surface area contributed by atoms with Gasteiger partial charge in [-0.15, -0.1) is 0 Å². The van der Waals surface area contributed by atoms with Crippen molar-refractivity contribution < 1.29 is 8.42 Å². The van der Waals surface area contributed by atoms with Gasteiger partial charge in [0.05, 0.1) is 6.26 Å². The van der Waals surface area contributed by atoms with Crippen LogP contribution in [0.15, 0.2) is 0 Å². The maximum Gasteiger partial charge on any atom is 0.209 e. The standard InChI is InChI=1S/C9H23N3O2S/c1-5-12(6-2)8-9(7-10-3)11-15(4,13)14/h9-11H,5-8H2,1-4H3. The molecule has 6 heteroatoms. The Bertz CT molecular complexity index is 250. The zero-order valence-electron chi connectivity index (χ0n) is 10.1. The van der Waals surface area contributed by atoms with E-state index in [2.05, 4.69) is 28.8 Å². The Kier molecular flexibility index (Phi) is 7.08. The average Bonchev–Trinajstić information content (AvgIpc) is 2.11. The van der Waals surface area contributed by atoms with Gasteiger partial charge in [0.2, 0.25) is 10.0 Å². The summed E-state index contributed by atoms with van der Waals surface area (Å²) in [7, 11) is -1.31. The van der Waals surface area contributed by atoms with E-state index in [0.717, 1.165) is 19.6 Å². The number of likely N-dealkylation sites (N-methyl/N-ethyl adjacent to an activating group) is 2. The molecule has 0 heterocycles. The van der Waals surface area contributed by atoms with Crippen LogP contribution in [0.4, 0.5) is 0 Å². The fourth-order valence-electron chi connectivity index (χ4n) is 1.49. The van der Waals surface area contributed by atoms with Crippen LogP contribution >= 0.6 is 0 Å². The van der Waals surface area contributed by atoms with Crippen molar-refractivity contribution in [3.63, 3.8) is 0 Å². The summed E-state index contributed by atoms with van der Waals surface area (Å²) in [6.45, 7) is 7.38. The fourth-order valence-corrected chi connectivity index (χ4v) is 2.25. The second kappa shape index (κ2) is 7.16. The first-order chi connectivity index (χ1) is 6.92. The molecule has 0 aliphatic heterocycles. The van der Waals surface area contributed by atoms with Crippen LogP contribution < -0.4 is 10.0 Å². The molecule has 0 rings (SSSR count). The number of sulfonamides is 1. The number of hydrogen-bond acceptors (Lipinski definition) is 4. The van der Waals surface area contributed by atoms with E-state index in [4.69, 9.17) is 0 Å². The van der Waals surface area contributed by atoms with Crippen molar-refractivity contribution in [2.45, 2.75) is 19.9 Å². The quantitative estimate of drug-likeness (QED) is 0.595. The van der Waals surface area contributed by atoms with Crippen LogP contribution in [0, 0.1) is 0 Å². The van der Waals surface area contributed by atoms with Gasteiger partial charge in [-0.05, 0) is 20.1 Å². The van der Waals surface area contributed by atoms with Gasteiger partial charge in [-0.2, -0.15) is 0 Å². The molecule has 0 amide bonds. The molecule has 0 aromatic rings. The van der Waals surface area contributed by atoms with E-state index >= 15 is 0 Å². The summed E-state index contributed by atoms with van der Waals surface area (Å²) in [4.78, 5) is 2.19. The molecule has 0 fully saturated rings. The summed E-state index contributed by atoms with van der Waals surface area (Å²) in [6.07, 6.45) is 1.19. The molecule has 1 atom stereocenters. The van der Waals surface area contributed by atoms with Gasteiger partial charge in [0, 0.05) is 19.1 Å².